The number of carbonyl (C=O) groups is 3. The topological polar surface area (TPSA) is 108 Å². The van der Waals surface area contributed by atoms with Gasteiger partial charge in [-0.2, -0.15) is 0 Å². The summed E-state index contributed by atoms with van der Waals surface area (Å²) in [5, 5.41) is 16.1. The van der Waals surface area contributed by atoms with Crippen molar-refractivity contribution in [2.75, 3.05) is 13.7 Å². The number of aliphatic hydroxyl groups excluding tert-OH is 1. The van der Waals surface area contributed by atoms with E-state index in [0.29, 0.717) is 12.8 Å². The molecule has 0 aliphatic carbocycles. The van der Waals surface area contributed by atoms with Crippen molar-refractivity contribution in [1.82, 2.24) is 15.5 Å². The van der Waals surface area contributed by atoms with E-state index in [0.717, 1.165) is 18.4 Å². The number of nitrogens with zero attached hydrogens (tertiary/aromatic N) is 1. The number of hydrogen-bond donors (Lipinski definition) is 3. The first-order valence-electron chi connectivity index (χ1n) is 11.9. The summed E-state index contributed by atoms with van der Waals surface area (Å²) >= 11 is 0. The average Bonchev–Trinajstić information content (AvgIpc) is 3.36. The minimum absolute atomic E-state index is 0.0665. The molecule has 3 heterocycles. The Hall–Kier alpha value is -2.45. The molecule has 180 valence electrons. The maximum absolute atomic E-state index is 14.0. The number of aliphatic hydroxyl groups is 1. The summed E-state index contributed by atoms with van der Waals surface area (Å²) in [6, 6.07) is 7.51. The van der Waals surface area contributed by atoms with Crippen LogP contribution in [0.4, 0.5) is 0 Å². The highest BCUT2D eigenvalue weighted by molar-refractivity contribution is 5.99. The normalized spacial score (nSPS) is 34.2. The van der Waals surface area contributed by atoms with E-state index in [4.69, 9.17) is 4.74 Å². The van der Waals surface area contributed by atoms with Crippen molar-refractivity contribution in [2.45, 2.75) is 75.8 Å². The zero-order valence-corrected chi connectivity index (χ0v) is 19.8. The van der Waals surface area contributed by atoms with Gasteiger partial charge >= 0.3 is 0 Å². The number of amides is 3. The van der Waals surface area contributed by atoms with E-state index in [1.807, 2.05) is 44.2 Å². The minimum atomic E-state index is -1.10. The minimum Gasteiger partial charge on any atom is -0.394 e. The fourth-order valence-corrected chi connectivity index (χ4v) is 6.41. The van der Waals surface area contributed by atoms with Crippen molar-refractivity contribution < 1.29 is 24.2 Å². The predicted molar refractivity (Wildman–Crippen MR) is 122 cm³/mol. The van der Waals surface area contributed by atoms with Gasteiger partial charge in [-0.15, -0.1) is 0 Å². The second-order valence-electron chi connectivity index (χ2n) is 9.89. The molecular formula is C25H35N3O5. The number of rotatable bonds is 8. The number of hydrogen-bond acceptors (Lipinski definition) is 5. The lowest BCUT2D eigenvalue weighted by Crippen LogP contribution is -2.57. The van der Waals surface area contributed by atoms with E-state index < -0.39 is 35.1 Å². The molecule has 8 heteroatoms. The molecule has 3 N–H and O–H groups in total. The van der Waals surface area contributed by atoms with Crippen molar-refractivity contribution in [3.8, 4) is 0 Å². The molecule has 3 aliphatic rings. The van der Waals surface area contributed by atoms with Crippen LogP contribution in [0.2, 0.25) is 0 Å². The van der Waals surface area contributed by atoms with Crippen LogP contribution in [-0.4, -0.2) is 64.7 Å². The molecule has 0 aromatic heterocycles. The van der Waals surface area contributed by atoms with E-state index in [1.165, 1.54) is 4.90 Å². The van der Waals surface area contributed by atoms with Gasteiger partial charge in [0.2, 0.25) is 17.7 Å². The molecule has 3 saturated heterocycles. The number of likely N-dealkylation sites (tertiary alicyclic amines) is 1. The molecule has 0 saturated carbocycles. The smallest absolute Gasteiger partial charge is 0.246 e. The van der Waals surface area contributed by atoms with Crippen LogP contribution in [-0.2, 0) is 19.1 Å². The van der Waals surface area contributed by atoms with Gasteiger partial charge in [0, 0.05) is 13.1 Å². The first-order valence-corrected chi connectivity index (χ1v) is 11.9. The first-order chi connectivity index (χ1) is 15.7. The lowest BCUT2D eigenvalue weighted by atomic mass is 9.66. The molecule has 1 aromatic carbocycles. The summed E-state index contributed by atoms with van der Waals surface area (Å²) in [6.07, 6.45) is 2.83. The van der Waals surface area contributed by atoms with Gasteiger partial charge in [0.25, 0.3) is 0 Å². The summed E-state index contributed by atoms with van der Waals surface area (Å²) in [5.74, 6) is -2.31. The number of ether oxygens (including phenoxy) is 1. The molecule has 8 nitrogen and oxygen atoms in total. The Morgan fingerprint density at radius 2 is 1.94 bits per heavy atom. The Kier molecular flexibility index (Phi) is 6.26. The van der Waals surface area contributed by atoms with Gasteiger partial charge in [-0.05, 0) is 38.7 Å². The van der Waals surface area contributed by atoms with Crippen LogP contribution in [0, 0.1) is 11.8 Å². The first kappa shape index (κ1) is 23.7. The fraction of sp³-hybridized carbons (Fsp3) is 0.640. The van der Waals surface area contributed by atoms with Crippen molar-refractivity contribution in [3.05, 3.63) is 35.9 Å². The lowest BCUT2D eigenvalue weighted by molar-refractivity contribution is -0.150. The van der Waals surface area contributed by atoms with Crippen molar-refractivity contribution >= 4 is 17.7 Å². The van der Waals surface area contributed by atoms with Crippen molar-refractivity contribution in [3.63, 3.8) is 0 Å². The summed E-state index contributed by atoms with van der Waals surface area (Å²) in [6.45, 7) is 5.53. The van der Waals surface area contributed by atoms with Gasteiger partial charge in [-0.25, -0.2) is 0 Å². The highest BCUT2D eigenvalue weighted by Crippen LogP contribution is 2.64. The maximum atomic E-state index is 14.0. The molecule has 3 amide bonds. The van der Waals surface area contributed by atoms with Crippen molar-refractivity contribution in [1.29, 1.82) is 0 Å². The van der Waals surface area contributed by atoms with Gasteiger partial charge in [0.15, 0.2) is 0 Å². The molecule has 3 unspecified atom stereocenters. The quantitative estimate of drug-likeness (QED) is 0.549. The van der Waals surface area contributed by atoms with Crippen molar-refractivity contribution in [2.24, 2.45) is 11.8 Å². The molecule has 1 spiro atoms. The molecule has 1 aromatic rings. The molecular weight excluding hydrogens is 422 g/mol. The Labute approximate surface area is 195 Å². The largest absolute Gasteiger partial charge is 0.394 e. The monoisotopic (exact) mass is 457 g/mol. The van der Waals surface area contributed by atoms with Crippen LogP contribution in [0.3, 0.4) is 0 Å². The third kappa shape index (κ3) is 3.54. The van der Waals surface area contributed by atoms with Crippen LogP contribution in [0.25, 0.3) is 0 Å². The van der Waals surface area contributed by atoms with E-state index in [9.17, 15) is 19.5 Å². The van der Waals surface area contributed by atoms with E-state index in [2.05, 4.69) is 17.6 Å². The second-order valence-corrected chi connectivity index (χ2v) is 9.89. The molecule has 0 radical (unpaired) electrons. The zero-order chi connectivity index (χ0) is 24.0. The molecule has 4 rings (SSSR count). The predicted octanol–water partition coefficient (Wildman–Crippen LogP) is 1.54. The summed E-state index contributed by atoms with van der Waals surface area (Å²) < 4.78 is 6.55. The Morgan fingerprint density at radius 1 is 1.24 bits per heavy atom. The third-order valence-corrected chi connectivity index (χ3v) is 7.80. The molecule has 3 fully saturated rings. The van der Waals surface area contributed by atoms with Crippen LogP contribution in [0.5, 0.6) is 0 Å². The fourth-order valence-electron chi connectivity index (χ4n) is 6.41. The number of carbonyl (C=O) groups excluding carboxylic acids is 3. The summed E-state index contributed by atoms with van der Waals surface area (Å²) in [7, 11) is 1.55. The Bertz CT molecular complexity index is 924. The van der Waals surface area contributed by atoms with Gasteiger partial charge in [-0.3, -0.25) is 14.4 Å². The highest BCUT2D eigenvalue weighted by Gasteiger charge is 2.78. The van der Waals surface area contributed by atoms with E-state index in [-0.39, 0.29) is 30.4 Å². The van der Waals surface area contributed by atoms with Crippen LogP contribution >= 0.6 is 0 Å². The zero-order valence-electron chi connectivity index (χ0n) is 19.8. The van der Waals surface area contributed by atoms with Gasteiger partial charge in [-0.1, -0.05) is 43.7 Å². The average molecular weight is 458 g/mol. The Morgan fingerprint density at radius 3 is 2.55 bits per heavy atom. The second kappa shape index (κ2) is 8.72. The van der Waals surface area contributed by atoms with Crippen LogP contribution < -0.4 is 10.6 Å². The summed E-state index contributed by atoms with van der Waals surface area (Å²) in [4.78, 5) is 42.2. The maximum Gasteiger partial charge on any atom is 0.246 e. The molecule has 3 aliphatic heterocycles. The molecule has 7 atom stereocenters. The number of fused-ring (bicyclic) bond motifs is 1. The van der Waals surface area contributed by atoms with Crippen LogP contribution in [0.1, 0.15) is 58.1 Å². The number of nitrogens with one attached hydrogen (secondary N) is 2. The number of benzene rings is 1. The van der Waals surface area contributed by atoms with Gasteiger partial charge in [0.1, 0.15) is 11.6 Å². The highest BCUT2D eigenvalue weighted by atomic mass is 16.5. The van der Waals surface area contributed by atoms with E-state index in [1.54, 1.807) is 7.05 Å². The van der Waals surface area contributed by atoms with Gasteiger partial charge < -0.3 is 25.4 Å². The SMILES string of the molecule is CCCC(C)NC(=O)C1N([C@H](CO)c2ccccc2)C(=O)[C@@H]2[C@@H](C(=O)NC)[C@@]3(C)CCC12O3. The standard InChI is InChI=1S/C25H35N3O5/c1-5-9-15(2)27-22(31)20-25-13-12-24(3,33-25)18(21(30)26-4)19(25)23(32)28(20)17(14-29)16-10-7-6-8-11-16/h6-8,10-11,15,17-20,29H,5,9,12-14H2,1-4H3,(H,26,30)(H,27,31)/t15?,17-,18+,19+,20?,24-,25?/m1/s1. The lowest BCUT2D eigenvalue weighted by Gasteiger charge is -2.37. The molecule has 2 bridgehead atoms. The van der Waals surface area contributed by atoms with E-state index >= 15 is 0 Å². The van der Waals surface area contributed by atoms with Gasteiger partial charge in [0.05, 0.1) is 30.1 Å². The third-order valence-electron chi connectivity index (χ3n) is 7.80. The summed E-state index contributed by atoms with van der Waals surface area (Å²) in [5.41, 5.74) is -1.16. The molecule has 33 heavy (non-hydrogen) atoms. The van der Waals surface area contributed by atoms with Crippen LogP contribution in [0.15, 0.2) is 30.3 Å². The Balaban J connectivity index is 1.81.